The van der Waals surface area contributed by atoms with Crippen molar-refractivity contribution in [2.75, 3.05) is 18.8 Å². The molecule has 2 atom stereocenters. The fourth-order valence-electron chi connectivity index (χ4n) is 1.93. The molecule has 0 radical (unpaired) electrons. The van der Waals surface area contributed by atoms with E-state index in [1.54, 1.807) is 0 Å². The van der Waals surface area contributed by atoms with Crippen LogP contribution < -0.4 is 21.7 Å². The number of nitrogens with two attached hydrogens (primary N) is 1. The van der Waals surface area contributed by atoms with E-state index in [1.807, 2.05) is 30.3 Å². The van der Waals surface area contributed by atoms with Crippen molar-refractivity contribution in [2.45, 2.75) is 18.5 Å². The molecule has 142 valence electrons. The zero-order valence-corrected chi connectivity index (χ0v) is 14.9. The molecule has 1 aromatic carbocycles. The third kappa shape index (κ3) is 7.99. The number of hydrogen-bond acceptors (Lipinski definition) is 6. The van der Waals surface area contributed by atoms with Gasteiger partial charge in [0.2, 0.25) is 17.7 Å². The van der Waals surface area contributed by atoms with Crippen LogP contribution in [0.5, 0.6) is 0 Å². The number of amides is 3. The number of hydrogen-bond donors (Lipinski definition) is 6. The molecular weight excluding hydrogens is 360 g/mol. The average molecular weight is 382 g/mol. The highest BCUT2D eigenvalue weighted by Crippen LogP contribution is 2.01. The summed E-state index contributed by atoms with van der Waals surface area (Å²) in [6, 6.07) is 7.26. The highest BCUT2D eigenvalue weighted by Gasteiger charge is 2.19. The molecule has 0 aliphatic heterocycles. The van der Waals surface area contributed by atoms with Gasteiger partial charge in [-0.05, 0) is 12.0 Å². The maximum atomic E-state index is 11.9. The van der Waals surface area contributed by atoms with Crippen molar-refractivity contribution in [1.29, 1.82) is 0 Å². The maximum Gasteiger partial charge on any atom is 0.327 e. The lowest BCUT2D eigenvalue weighted by atomic mass is 10.1. The first-order chi connectivity index (χ1) is 12.3. The quantitative estimate of drug-likeness (QED) is 0.265. The fourth-order valence-corrected chi connectivity index (χ4v) is 2.18. The zero-order valence-electron chi connectivity index (χ0n) is 14.0. The summed E-state index contributed by atoms with van der Waals surface area (Å²) < 4.78 is 0. The summed E-state index contributed by atoms with van der Waals surface area (Å²) in [6.07, 6.45) is 0.330. The molecule has 0 bridgehead atoms. The van der Waals surface area contributed by atoms with Crippen molar-refractivity contribution in [3.05, 3.63) is 35.9 Å². The van der Waals surface area contributed by atoms with Gasteiger partial charge in [-0.25, -0.2) is 4.79 Å². The molecule has 6 N–H and O–H groups in total. The van der Waals surface area contributed by atoms with E-state index >= 15 is 0 Å². The lowest BCUT2D eigenvalue weighted by Gasteiger charge is -2.13. The number of carboxylic acid groups (broad SMARTS) is 1. The molecule has 0 aliphatic carbocycles. The van der Waals surface area contributed by atoms with Crippen LogP contribution in [0.3, 0.4) is 0 Å². The van der Waals surface area contributed by atoms with Crippen LogP contribution in [-0.2, 0) is 25.6 Å². The van der Waals surface area contributed by atoms with Gasteiger partial charge in [-0.15, -0.1) is 0 Å². The summed E-state index contributed by atoms with van der Waals surface area (Å²) in [5, 5.41) is 15.6. The second-order valence-corrected chi connectivity index (χ2v) is 5.80. The first kappa shape index (κ1) is 21.5. The van der Waals surface area contributed by atoms with Crippen molar-refractivity contribution in [1.82, 2.24) is 16.0 Å². The predicted octanol–water partition coefficient (Wildman–Crippen LogP) is -1.71. The Bertz CT molecular complexity index is 641. The second kappa shape index (κ2) is 11.1. The van der Waals surface area contributed by atoms with Gasteiger partial charge in [0.15, 0.2) is 0 Å². The second-order valence-electron chi connectivity index (χ2n) is 5.43. The Morgan fingerprint density at radius 2 is 1.65 bits per heavy atom. The van der Waals surface area contributed by atoms with Gasteiger partial charge in [0.25, 0.3) is 0 Å². The van der Waals surface area contributed by atoms with E-state index in [0.717, 1.165) is 5.56 Å². The Labute approximate surface area is 156 Å². The minimum absolute atomic E-state index is 0.0790. The van der Waals surface area contributed by atoms with Crippen molar-refractivity contribution in [3.8, 4) is 0 Å². The number of rotatable bonds is 10. The van der Waals surface area contributed by atoms with Gasteiger partial charge in [0, 0.05) is 5.75 Å². The van der Waals surface area contributed by atoms with Crippen LogP contribution in [0, 0.1) is 0 Å². The monoisotopic (exact) mass is 382 g/mol. The molecule has 1 rings (SSSR count). The molecule has 9 nitrogen and oxygen atoms in total. The molecule has 10 heteroatoms. The van der Waals surface area contributed by atoms with Crippen molar-refractivity contribution >= 4 is 36.3 Å². The third-order valence-corrected chi connectivity index (χ3v) is 3.69. The topological polar surface area (TPSA) is 151 Å². The highest BCUT2D eigenvalue weighted by atomic mass is 32.1. The molecule has 0 aliphatic rings. The van der Waals surface area contributed by atoms with Gasteiger partial charge in [-0.1, -0.05) is 30.3 Å². The van der Waals surface area contributed by atoms with Crippen LogP contribution in [0.1, 0.15) is 5.56 Å². The molecule has 1 aromatic rings. The number of benzene rings is 1. The van der Waals surface area contributed by atoms with Gasteiger partial charge in [0.05, 0.1) is 19.1 Å². The smallest absolute Gasteiger partial charge is 0.327 e. The average Bonchev–Trinajstić information content (AvgIpc) is 2.62. The van der Waals surface area contributed by atoms with Crippen molar-refractivity contribution < 1.29 is 24.3 Å². The Kier molecular flexibility index (Phi) is 9.17. The van der Waals surface area contributed by atoms with Gasteiger partial charge >= 0.3 is 5.97 Å². The standard InChI is InChI=1S/C16H22N4O5S/c17-11(6-10-4-2-1-3-5-10)15(23)19-7-13(21)18-8-14(22)20-12(9-26)16(24)25/h1-5,11-12,26H,6-9,17H2,(H,18,21)(H,19,23)(H,20,22)(H,24,25)/t11-,12-/m0/s1. The van der Waals surface area contributed by atoms with E-state index in [-0.39, 0.29) is 12.3 Å². The summed E-state index contributed by atoms with van der Waals surface area (Å²) >= 11 is 3.81. The number of aliphatic carboxylic acids is 1. The van der Waals surface area contributed by atoms with Gasteiger partial charge in [0.1, 0.15) is 6.04 Å². The Morgan fingerprint density at radius 3 is 2.23 bits per heavy atom. The largest absolute Gasteiger partial charge is 0.480 e. The molecule has 3 amide bonds. The minimum atomic E-state index is -1.22. The number of carbonyl (C=O) groups excluding carboxylic acids is 3. The Hall–Kier alpha value is -2.59. The summed E-state index contributed by atoms with van der Waals surface area (Å²) in [7, 11) is 0. The molecule has 0 unspecified atom stereocenters. The van der Waals surface area contributed by atoms with Gasteiger partial charge < -0.3 is 26.8 Å². The SMILES string of the molecule is N[C@@H](Cc1ccccc1)C(=O)NCC(=O)NCC(=O)N[C@@H](CS)C(=O)O. The van der Waals surface area contributed by atoms with E-state index in [9.17, 15) is 19.2 Å². The zero-order chi connectivity index (χ0) is 19.5. The summed E-state index contributed by atoms with van der Waals surface area (Å²) in [4.78, 5) is 45.8. The molecule has 26 heavy (non-hydrogen) atoms. The number of carboxylic acids is 1. The summed E-state index contributed by atoms with van der Waals surface area (Å²) in [5.74, 6) is -3.07. The van der Waals surface area contributed by atoms with E-state index < -0.39 is 42.3 Å². The third-order valence-electron chi connectivity index (χ3n) is 3.32. The van der Waals surface area contributed by atoms with Crippen LogP contribution in [0.2, 0.25) is 0 Å². The lowest BCUT2D eigenvalue weighted by Crippen LogP contribution is -2.49. The number of thiol groups is 1. The fraction of sp³-hybridized carbons (Fsp3) is 0.375. The molecule has 0 heterocycles. The molecule has 0 aromatic heterocycles. The van der Waals surface area contributed by atoms with E-state index in [4.69, 9.17) is 10.8 Å². The van der Waals surface area contributed by atoms with Crippen LogP contribution in [0.15, 0.2) is 30.3 Å². The summed E-state index contributed by atoms with van der Waals surface area (Å²) in [5.41, 5.74) is 6.68. The first-order valence-corrected chi connectivity index (χ1v) is 8.43. The van der Waals surface area contributed by atoms with Crippen LogP contribution in [0.4, 0.5) is 0 Å². The van der Waals surface area contributed by atoms with Crippen molar-refractivity contribution in [3.63, 3.8) is 0 Å². The number of carbonyl (C=O) groups is 4. The normalized spacial score (nSPS) is 12.5. The van der Waals surface area contributed by atoms with E-state index in [1.165, 1.54) is 0 Å². The van der Waals surface area contributed by atoms with E-state index in [2.05, 4.69) is 28.6 Å². The first-order valence-electron chi connectivity index (χ1n) is 7.80. The molecule has 0 spiro atoms. The minimum Gasteiger partial charge on any atom is -0.480 e. The van der Waals surface area contributed by atoms with Crippen LogP contribution >= 0.6 is 12.6 Å². The van der Waals surface area contributed by atoms with Crippen LogP contribution in [-0.4, -0.2) is 59.7 Å². The lowest BCUT2D eigenvalue weighted by molar-refractivity contribution is -0.141. The molecule has 0 saturated heterocycles. The Morgan fingerprint density at radius 1 is 1.04 bits per heavy atom. The highest BCUT2D eigenvalue weighted by molar-refractivity contribution is 7.80. The van der Waals surface area contributed by atoms with E-state index in [0.29, 0.717) is 6.42 Å². The van der Waals surface area contributed by atoms with Crippen LogP contribution in [0.25, 0.3) is 0 Å². The number of nitrogens with one attached hydrogen (secondary N) is 3. The van der Waals surface area contributed by atoms with Gasteiger partial charge in [-0.3, -0.25) is 14.4 Å². The molecule has 0 saturated carbocycles. The predicted molar refractivity (Wildman–Crippen MR) is 97.6 cm³/mol. The summed E-state index contributed by atoms with van der Waals surface area (Å²) in [6.45, 7) is -0.758. The Balaban J connectivity index is 2.29. The van der Waals surface area contributed by atoms with Gasteiger partial charge in [-0.2, -0.15) is 12.6 Å². The maximum absolute atomic E-state index is 11.9. The van der Waals surface area contributed by atoms with Crippen molar-refractivity contribution in [2.24, 2.45) is 5.73 Å². The molecule has 0 fully saturated rings. The molecular formula is C16H22N4O5S.